The number of carbonyl (C=O) groups excluding carboxylic acids is 1. The van der Waals surface area contributed by atoms with Gasteiger partial charge in [-0.1, -0.05) is 18.2 Å². The van der Waals surface area contributed by atoms with E-state index in [1.165, 1.54) is 0 Å². The van der Waals surface area contributed by atoms with Crippen molar-refractivity contribution < 1.29 is 4.79 Å². The predicted octanol–water partition coefficient (Wildman–Crippen LogP) is 1.80. The van der Waals surface area contributed by atoms with E-state index in [-0.39, 0.29) is 17.5 Å². The summed E-state index contributed by atoms with van der Waals surface area (Å²) in [7, 11) is 0. The number of H-pyrrole nitrogens is 1. The third-order valence-corrected chi connectivity index (χ3v) is 5.02. The molecule has 1 amide bonds. The number of hydrogen-bond acceptors (Lipinski definition) is 4. The van der Waals surface area contributed by atoms with Gasteiger partial charge in [0.1, 0.15) is 11.5 Å². The minimum atomic E-state index is -0.260. The van der Waals surface area contributed by atoms with Gasteiger partial charge < -0.3 is 4.90 Å². The fraction of sp³-hybridized carbons (Fsp3) is 0.368. The van der Waals surface area contributed by atoms with E-state index in [0.29, 0.717) is 31.2 Å². The van der Waals surface area contributed by atoms with Gasteiger partial charge in [-0.2, -0.15) is 10.2 Å². The van der Waals surface area contributed by atoms with Gasteiger partial charge in [-0.15, -0.1) is 0 Å². The molecule has 3 heterocycles. The highest BCUT2D eigenvalue weighted by Crippen LogP contribution is 2.27. The Bertz CT molecular complexity index is 987. The molecule has 1 N–H and O–H groups in total. The molecule has 3 aromatic rings. The van der Waals surface area contributed by atoms with Crippen LogP contribution >= 0.6 is 0 Å². The molecule has 0 bridgehead atoms. The zero-order chi connectivity index (χ0) is 18.8. The first-order chi connectivity index (χ1) is 13.2. The molecule has 4 rings (SSSR count). The summed E-state index contributed by atoms with van der Waals surface area (Å²) in [5, 5.41) is 11.0. The molecule has 1 atom stereocenters. The van der Waals surface area contributed by atoms with E-state index in [4.69, 9.17) is 0 Å². The highest BCUT2D eigenvalue weighted by molar-refractivity contribution is 5.92. The Hall–Kier alpha value is -3.16. The molecule has 0 aliphatic carbocycles. The molecule has 0 unspecified atom stereocenters. The van der Waals surface area contributed by atoms with E-state index in [9.17, 15) is 9.59 Å². The molecule has 2 aromatic heterocycles. The number of aromatic nitrogens is 5. The highest BCUT2D eigenvalue weighted by atomic mass is 16.2. The lowest BCUT2D eigenvalue weighted by Gasteiger charge is -2.32. The fourth-order valence-electron chi connectivity index (χ4n) is 3.71. The third kappa shape index (κ3) is 3.18. The van der Waals surface area contributed by atoms with Crippen LogP contribution < -0.4 is 5.69 Å². The van der Waals surface area contributed by atoms with Crippen LogP contribution in [0.5, 0.6) is 0 Å². The van der Waals surface area contributed by atoms with Gasteiger partial charge in [-0.3, -0.25) is 9.48 Å². The van der Waals surface area contributed by atoms with Crippen molar-refractivity contribution in [1.82, 2.24) is 29.4 Å². The quantitative estimate of drug-likeness (QED) is 0.762. The average Bonchev–Trinajstić information content (AvgIpc) is 3.34. The minimum absolute atomic E-state index is 0.000135. The number of piperidine rings is 1. The van der Waals surface area contributed by atoms with Crippen molar-refractivity contribution >= 4 is 5.91 Å². The van der Waals surface area contributed by atoms with Crippen molar-refractivity contribution in [2.24, 2.45) is 0 Å². The second kappa shape index (κ2) is 7.22. The van der Waals surface area contributed by atoms with Gasteiger partial charge in [0.15, 0.2) is 0 Å². The van der Waals surface area contributed by atoms with Gasteiger partial charge in [0, 0.05) is 31.7 Å². The Morgan fingerprint density at radius 2 is 2.07 bits per heavy atom. The fourth-order valence-corrected chi connectivity index (χ4v) is 3.71. The maximum absolute atomic E-state index is 12.9. The van der Waals surface area contributed by atoms with Crippen LogP contribution in [0.4, 0.5) is 0 Å². The van der Waals surface area contributed by atoms with E-state index >= 15 is 0 Å². The zero-order valence-electron chi connectivity index (χ0n) is 15.2. The van der Waals surface area contributed by atoms with Crippen LogP contribution in [-0.2, 0) is 6.54 Å². The van der Waals surface area contributed by atoms with Crippen LogP contribution in [-0.4, -0.2) is 48.4 Å². The lowest BCUT2D eigenvalue weighted by atomic mass is 9.96. The second-order valence-corrected chi connectivity index (χ2v) is 6.68. The van der Waals surface area contributed by atoms with Gasteiger partial charge in [-0.05, 0) is 38.0 Å². The number of likely N-dealkylation sites (tertiary alicyclic amines) is 1. The maximum Gasteiger partial charge on any atom is 0.347 e. The Morgan fingerprint density at radius 3 is 2.85 bits per heavy atom. The summed E-state index contributed by atoms with van der Waals surface area (Å²) in [5.41, 5.74) is 1.11. The summed E-state index contributed by atoms with van der Waals surface area (Å²) in [6.07, 6.45) is 3.40. The Kier molecular flexibility index (Phi) is 4.62. The van der Waals surface area contributed by atoms with Crippen LogP contribution in [0.25, 0.3) is 5.69 Å². The monoisotopic (exact) mass is 366 g/mol. The Balaban J connectivity index is 1.61. The number of hydrogen-bond donors (Lipinski definition) is 1. The van der Waals surface area contributed by atoms with Gasteiger partial charge in [0.05, 0.1) is 5.69 Å². The van der Waals surface area contributed by atoms with Crippen LogP contribution in [0, 0.1) is 0 Å². The largest absolute Gasteiger partial charge is 0.347 e. The topological polar surface area (TPSA) is 88.8 Å². The molecule has 8 heteroatoms. The number of nitrogens with zero attached hydrogens (tertiary/aromatic N) is 5. The molecule has 8 nitrogen and oxygen atoms in total. The number of amides is 1. The Morgan fingerprint density at radius 1 is 1.26 bits per heavy atom. The number of aryl methyl sites for hydroxylation is 1. The molecule has 1 saturated heterocycles. The van der Waals surface area contributed by atoms with Gasteiger partial charge in [0.2, 0.25) is 0 Å². The van der Waals surface area contributed by atoms with Crippen molar-refractivity contribution in [3.8, 4) is 5.69 Å². The molecule has 1 aliphatic rings. The second-order valence-electron chi connectivity index (χ2n) is 6.68. The molecule has 1 fully saturated rings. The van der Waals surface area contributed by atoms with Gasteiger partial charge >= 0.3 is 5.69 Å². The third-order valence-electron chi connectivity index (χ3n) is 5.02. The number of aromatic amines is 1. The minimum Gasteiger partial charge on any atom is -0.337 e. The molecule has 0 spiro atoms. The molecule has 27 heavy (non-hydrogen) atoms. The van der Waals surface area contributed by atoms with Crippen LogP contribution in [0.1, 0.15) is 42.0 Å². The molecule has 0 saturated carbocycles. The van der Waals surface area contributed by atoms with E-state index < -0.39 is 0 Å². The lowest BCUT2D eigenvalue weighted by Crippen LogP contribution is -2.40. The summed E-state index contributed by atoms with van der Waals surface area (Å²) in [5.74, 6) is 0.649. The van der Waals surface area contributed by atoms with Crippen molar-refractivity contribution in [2.75, 3.05) is 13.1 Å². The van der Waals surface area contributed by atoms with Gasteiger partial charge in [-0.25, -0.2) is 14.5 Å². The first-order valence-electron chi connectivity index (χ1n) is 9.23. The standard InChI is InChI=1S/C19H22N6O2/c1-2-24-16(10-11-20-24)18(26)23-12-6-7-14(13-23)17-21-22-19(27)25(17)15-8-4-3-5-9-15/h3-5,8-11,14H,2,6-7,12-13H2,1H3,(H,22,27)/t14-/m1/s1. The maximum atomic E-state index is 12.9. The van der Waals surface area contributed by atoms with E-state index in [2.05, 4.69) is 15.3 Å². The summed E-state index contributed by atoms with van der Waals surface area (Å²) in [6.45, 7) is 3.85. The Labute approximate surface area is 156 Å². The van der Waals surface area contributed by atoms with Crippen LogP contribution in [0.15, 0.2) is 47.4 Å². The summed E-state index contributed by atoms with van der Waals surface area (Å²) >= 11 is 0. The average molecular weight is 366 g/mol. The van der Waals surface area contributed by atoms with Gasteiger partial charge in [0.25, 0.3) is 5.91 Å². The van der Waals surface area contributed by atoms with Crippen molar-refractivity contribution in [3.05, 3.63) is 64.6 Å². The lowest BCUT2D eigenvalue weighted by molar-refractivity contribution is 0.0691. The SMILES string of the molecule is CCn1nccc1C(=O)N1CCC[C@@H](c2n[nH]c(=O)n2-c2ccccc2)C1. The number of rotatable bonds is 4. The number of para-hydroxylation sites is 1. The van der Waals surface area contributed by atoms with Crippen molar-refractivity contribution in [3.63, 3.8) is 0 Å². The van der Waals surface area contributed by atoms with Crippen molar-refractivity contribution in [1.29, 1.82) is 0 Å². The highest BCUT2D eigenvalue weighted by Gasteiger charge is 2.30. The molecular weight excluding hydrogens is 344 g/mol. The van der Waals surface area contributed by atoms with Crippen LogP contribution in [0.2, 0.25) is 0 Å². The smallest absolute Gasteiger partial charge is 0.337 e. The van der Waals surface area contributed by atoms with E-state index in [0.717, 1.165) is 18.5 Å². The first kappa shape index (κ1) is 17.3. The first-order valence-corrected chi connectivity index (χ1v) is 9.23. The van der Waals surface area contributed by atoms with E-state index in [1.807, 2.05) is 42.2 Å². The van der Waals surface area contributed by atoms with Crippen LogP contribution in [0.3, 0.4) is 0 Å². The molecule has 0 radical (unpaired) electrons. The summed E-state index contributed by atoms with van der Waals surface area (Å²) in [6, 6.07) is 11.2. The normalized spacial score (nSPS) is 17.2. The molecule has 140 valence electrons. The summed E-state index contributed by atoms with van der Waals surface area (Å²) in [4.78, 5) is 27.1. The number of benzene rings is 1. The van der Waals surface area contributed by atoms with E-state index in [1.54, 1.807) is 21.5 Å². The molecule has 1 aromatic carbocycles. The predicted molar refractivity (Wildman–Crippen MR) is 100.0 cm³/mol. The number of nitrogens with one attached hydrogen (secondary N) is 1. The number of carbonyl (C=O) groups is 1. The molecular formula is C19H22N6O2. The summed E-state index contributed by atoms with van der Waals surface area (Å²) < 4.78 is 3.31. The van der Waals surface area contributed by atoms with Crippen molar-refractivity contribution in [2.45, 2.75) is 32.2 Å². The zero-order valence-corrected chi connectivity index (χ0v) is 15.2. The molecule has 1 aliphatic heterocycles.